The second-order valence-electron chi connectivity index (χ2n) is 3.18. The molecule has 15 heavy (non-hydrogen) atoms. The summed E-state index contributed by atoms with van der Waals surface area (Å²) in [5.74, 6) is 0. The molecule has 0 aliphatic heterocycles. The highest BCUT2D eigenvalue weighted by molar-refractivity contribution is 5.67. The summed E-state index contributed by atoms with van der Waals surface area (Å²) in [4.78, 5) is 10.7. The Balaban J connectivity index is 2.44. The van der Waals surface area contributed by atoms with Crippen molar-refractivity contribution < 1.29 is 10.2 Å². The number of imidazole rings is 1. The van der Waals surface area contributed by atoms with Crippen molar-refractivity contribution in [3.63, 3.8) is 0 Å². The average molecular weight is 209 g/mol. The van der Waals surface area contributed by atoms with Crippen LogP contribution in [0.5, 0.6) is 0 Å². The number of aliphatic hydroxyl groups is 2. The molecule has 1 unspecified atom stereocenters. The number of nitrogens with zero attached hydrogens (tertiary/aromatic N) is 3. The van der Waals surface area contributed by atoms with Crippen molar-refractivity contribution in [2.45, 2.75) is 12.6 Å². The van der Waals surface area contributed by atoms with Gasteiger partial charge in [0.2, 0.25) is 0 Å². The predicted octanol–water partition coefficient (Wildman–Crippen LogP) is -1.41. The molecular weight excluding hydrogens is 198 g/mol. The Kier molecular flexibility index (Phi) is 2.48. The summed E-state index contributed by atoms with van der Waals surface area (Å²) >= 11 is 0. The fourth-order valence-electron chi connectivity index (χ4n) is 1.31. The molecule has 0 saturated heterocycles. The average Bonchev–Trinajstić information content (AvgIpc) is 2.70. The lowest BCUT2D eigenvalue weighted by molar-refractivity contribution is 0.0799. The third-order valence-electron chi connectivity index (χ3n) is 2.08. The highest BCUT2D eigenvalue weighted by Crippen LogP contribution is 1.98. The van der Waals surface area contributed by atoms with Crippen LogP contribution in [0.1, 0.15) is 0 Å². The van der Waals surface area contributed by atoms with Crippen LogP contribution in [0.3, 0.4) is 0 Å². The van der Waals surface area contributed by atoms with Crippen LogP contribution >= 0.6 is 0 Å². The summed E-state index contributed by atoms with van der Waals surface area (Å²) in [7, 11) is 0. The van der Waals surface area contributed by atoms with E-state index in [9.17, 15) is 5.11 Å². The number of aliphatic hydroxyl groups excluding tert-OH is 2. The number of aromatic amines is 1. The third-order valence-corrected chi connectivity index (χ3v) is 2.08. The largest absolute Gasteiger partial charge is 0.394 e. The number of aromatic nitrogens is 4. The van der Waals surface area contributed by atoms with Gasteiger partial charge in [0.25, 0.3) is 0 Å². The van der Waals surface area contributed by atoms with Gasteiger partial charge in [0.1, 0.15) is 5.52 Å². The number of hydrogen-bond acceptors (Lipinski definition) is 5. The van der Waals surface area contributed by atoms with Crippen molar-refractivity contribution in [3.05, 3.63) is 18.1 Å². The number of nitrogens with one attached hydrogen (secondary N) is 2. The molecule has 2 rings (SSSR count). The first-order chi connectivity index (χ1) is 7.22. The number of fused-ring (bicyclic) bond motifs is 1. The van der Waals surface area contributed by atoms with Crippen molar-refractivity contribution in [2.24, 2.45) is 0 Å². The quantitative estimate of drug-likeness (QED) is 0.497. The van der Waals surface area contributed by atoms with Gasteiger partial charge in [0.15, 0.2) is 11.1 Å². The predicted molar refractivity (Wildman–Crippen MR) is 50.8 cm³/mol. The summed E-state index contributed by atoms with van der Waals surface area (Å²) in [6, 6.07) is 0. The minimum atomic E-state index is -0.888. The first kappa shape index (κ1) is 9.81. The van der Waals surface area contributed by atoms with E-state index in [1.54, 1.807) is 0 Å². The van der Waals surface area contributed by atoms with E-state index in [0.29, 0.717) is 11.2 Å². The lowest BCUT2D eigenvalue weighted by atomic mass is 10.3. The van der Waals surface area contributed by atoms with E-state index in [4.69, 9.17) is 10.5 Å². The molecule has 2 aromatic rings. The van der Waals surface area contributed by atoms with Crippen molar-refractivity contribution in [2.75, 3.05) is 6.61 Å². The molecule has 4 N–H and O–H groups in total. The van der Waals surface area contributed by atoms with Gasteiger partial charge in [-0.25, -0.2) is 9.97 Å². The van der Waals surface area contributed by atoms with E-state index in [0.717, 1.165) is 0 Å². The molecule has 2 heterocycles. The summed E-state index contributed by atoms with van der Waals surface area (Å²) in [5.41, 5.74) is 1.17. The highest BCUT2D eigenvalue weighted by Gasteiger charge is 2.07. The molecule has 0 spiro atoms. The van der Waals surface area contributed by atoms with E-state index < -0.39 is 6.10 Å². The van der Waals surface area contributed by atoms with Crippen LogP contribution in [0, 0.1) is 5.41 Å². The Labute approximate surface area is 84.6 Å². The minimum absolute atomic E-state index is 0.136. The van der Waals surface area contributed by atoms with E-state index in [1.807, 2.05) is 0 Å². The monoisotopic (exact) mass is 209 g/mol. The van der Waals surface area contributed by atoms with E-state index >= 15 is 0 Å². The van der Waals surface area contributed by atoms with Crippen LogP contribution in [0.2, 0.25) is 0 Å². The van der Waals surface area contributed by atoms with Gasteiger partial charge >= 0.3 is 0 Å². The first-order valence-electron chi connectivity index (χ1n) is 4.44. The number of H-pyrrole nitrogens is 1. The Bertz CT molecular complexity index is 517. The maximum absolute atomic E-state index is 9.25. The zero-order valence-corrected chi connectivity index (χ0v) is 7.88. The molecule has 7 nitrogen and oxygen atoms in total. The zero-order valence-electron chi connectivity index (χ0n) is 7.88. The zero-order chi connectivity index (χ0) is 10.8. The summed E-state index contributed by atoms with van der Waals surface area (Å²) in [6.07, 6.45) is 1.99. The molecule has 80 valence electrons. The van der Waals surface area contributed by atoms with Crippen molar-refractivity contribution in [1.29, 1.82) is 5.41 Å². The van der Waals surface area contributed by atoms with Gasteiger partial charge in [-0.15, -0.1) is 0 Å². The van der Waals surface area contributed by atoms with Crippen LogP contribution in [0.4, 0.5) is 0 Å². The Morgan fingerprint density at radius 1 is 1.53 bits per heavy atom. The van der Waals surface area contributed by atoms with E-state index in [-0.39, 0.29) is 18.6 Å². The van der Waals surface area contributed by atoms with E-state index in [1.165, 1.54) is 17.2 Å². The maximum atomic E-state index is 9.25. The molecule has 0 amide bonds. The molecule has 0 radical (unpaired) electrons. The molecule has 0 fully saturated rings. The molecule has 2 aromatic heterocycles. The lowest BCUT2D eigenvalue weighted by Crippen LogP contribution is -2.29. The Morgan fingerprint density at radius 2 is 2.33 bits per heavy atom. The number of hydrogen-bond donors (Lipinski definition) is 4. The molecule has 7 heteroatoms. The number of rotatable bonds is 3. The van der Waals surface area contributed by atoms with Gasteiger partial charge < -0.3 is 19.8 Å². The van der Waals surface area contributed by atoms with Gasteiger partial charge in [0, 0.05) is 0 Å². The van der Waals surface area contributed by atoms with Crippen molar-refractivity contribution >= 4 is 11.2 Å². The topological polar surface area (TPSA) is 111 Å². The van der Waals surface area contributed by atoms with Crippen LogP contribution in [0.15, 0.2) is 12.7 Å². The molecule has 0 saturated carbocycles. The highest BCUT2D eigenvalue weighted by atomic mass is 16.3. The maximum Gasteiger partial charge on any atom is 0.182 e. The Morgan fingerprint density at radius 3 is 3.07 bits per heavy atom. The molecule has 0 aliphatic rings. The van der Waals surface area contributed by atoms with Gasteiger partial charge in [0.05, 0.1) is 31.9 Å². The summed E-state index contributed by atoms with van der Waals surface area (Å²) in [6.45, 7) is -0.204. The second kappa shape index (κ2) is 3.79. The van der Waals surface area contributed by atoms with Gasteiger partial charge in [-0.2, -0.15) is 0 Å². The molecule has 0 aliphatic carbocycles. The van der Waals surface area contributed by atoms with Crippen molar-refractivity contribution in [3.8, 4) is 0 Å². The second-order valence-corrected chi connectivity index (χ2v) is 3.18. The molecule has 1 atom stereocenters. The lowest BCUT2D eigenvalue weighted by Gasteiger charge is -2.09. The van der Waals surface area contributed by atoms with Gasteiger partial charge in [-0.1, -0.05) is 0 Å². The smallest absolute Gasteiger partial charge is 0.182 e. The normalized spacial score (nSPS) is 13.2. The third kappa shape index (κ3) is 1.74. The van der Waals surface area contributed by atoms with Crippen LogP contribution < -0.4 is 5.49 Å². The molecule has 0 bridgehead atoms. The van der Waals surface area contributed by atoms with Crippen molar-refractivity contribution in [1.82, 2.24) is 19.5 Å². The van der Waals surface area contributed by atoms with Crippen LogP contribution in [0.25, 0.3) is 11.2 Å². The molecule has 0 aromatic carbocycles. The SMILES string of the molecule is N=c1c2[nH]cnc2ncn1CC(O)CO. The summed E-state index contributed by atoms with van der Waals surface area (Å²) < 4.78 is 1.45. The fraction of sp³-hybridized carbons (Fsp3) is 0.375. The summed E-state index contributed by atoms with van der Waals surface area (Å²) in [5, 5.41) is 25.7. The standard InChI is InChI=1S/C8H11N5O2/c9-7-6-8(11-3-10-6)12-4-13(7)1-5(15)2-14/h3-5,9,14-15H,1-2H2,(H,10,11). The Hall–Kier alpha value is -1.73. The van der Waals surface area contributed by atoms with Crippen LogP contribution in [-0.4, -0.2) is 42.4 Å². The first-order valence-corrected chi connectivity index (χ1v) is 4.44. The van der Waals surface area contributed by atoms with Gasteiger partial charge in [-0.3, -0.25) is 5.41 Å². The molecular formula is C8H11N5O2. The van der Waals surface area contributed by atoms with Gasteiger partial charge in [-0.05, 0) is 0 Å². The van der Waals surface area contributed by atoms with Crippen LogP contribution in [-0.2, 0) is 6.54 Å². The van der Waals surface area contributed by atoms with E-state index in [2.05, 4.69) is 15.0 Å². The fourth-order valence-corrected chi connectivity index (χ4v) is 1.31. The minimum Gasteiger partial charge on any atom is -0.394 e.